The van der Waals surface area contributed by atoms with Gasteiger partial charge in [-0.15, -0.1) is 6.58 Å². The predicted octanol–water partition coefficient (Wildman–Crippen LogP) is 3.80. The van der Waals surface area contributed by atoms with Crippen LogP contribution >= 0.6 is 0 Å². The molecule has 112 valence electrons. The molecular weight excluding hydrogens is 244 g/mol. The van der Waals surface area contributed by atoms with Crippen LogP contribution in [0.1, 0.15) is 44.7 Å². The summed E-state index contributed by atoms with van der Waals surface area (Å²) in [6.07, 6.45) is 1.98. The van der Waals surface area contributed by atoms with E-state index in [2.05, 4.69) is 68.8 Å². The molecule has 0 aliphatic rings. The molecule has 0 saturated carbocycles. The van der Waals surface area contributed by atoms with Gasteiger partial charge in [0.15, 0.2) is 0 Å². The van der Waals surface area contributed by atoms with Crippen molar-refractivity contribution in [3.05, 3.63) is 48.0 Å². The summed E-state index contributed by atoms with van der Waals surface area (Å²) in [5, 5.41) is 3.23. The highest BCUT2D eigenvalue weighted by Gasteiger charge is 2.20. The Morgan fingerprint density at radius 2 is 1.85 bits per heavy atom. The number of rotatable bonds is 7. The van der Waals surface area contributed by atoms with Crippen LogP contribution in [0.3, 0.4) is 0 Å². The lowest BCUT2D eigenvalue weighted by Crippen LogP contribution is -2.40. The first kappa shape index (κ1) is 16.9. The third-order valence-corrected chi connectivity index (χ3v) is 3.73. The maximum atomic E-state index is 3.86. The summed E-state index contributed by atoms with van der Waals surface area (Å²) in [6.45, 7) is 15.8. The van der Waals surface area contributed by atoms with Crippen molar-refractivity contribution in [3.63, 3.8) is 0 Å². The van der Waals surface area contributed by atoms with E-state index in [1.807, 2.05) is 13.1 Å². The first-order valence-corrected chi connectivity index (χ1v) is 7.48. The first-order chi connectivity index (χ1) is 9.38. The minimum absolute atomic E-state index is 0.159. The van der Waals surface area contributed by atoms with Gasteiger partial charge in [-0.1, -0.05) is 37.3 Å². The Bertz CT molecular complexity index is 400. The highest BCUT2D eigenvalue weighted by molar-refractivity contribution is 5.25. The quantitative estimate of drug-likeness (QED) is 0.761. The maximum absolute atomic E-state index is 3.86. The molecule has 0 saturated heterocycles. The first-order valence-electron chi connectivity index (χ1n) is 7.48. The van der Waals surface area contributed by atoms with Crippen LogP contribution in [-0.4, -0.2) is 30.6 Å². The highest BCUT2D eigenvalue weighted by atomic mass is 15.2. The molecule has 1 atom stereocenters. The number of hydrogen-bond donors (Lipinski definition) is 1. The third-order valence-electron chi connectivity index (χ3n) is 3.73. The van der Waals surface area contributed by atoms with Crippen molar-refractivity contribution in [2.24, 2.45) is 0 Å². The molecule has 0 fully saturated rings. The number of nitrogens with one attached hydrogen (secondary N) is 1. The average molecular weight is 274 g/mol. The van der Waals surface area contributed by atoms with Gasteiger partial charge in [0.25, 0.3) is 0 Å². The topological polar surface area (TPSA) is 15.3 Å². The number of benzene rings is 1. The van der Waals surface area contributed by atoms with Gasteiger partial charge in [0, 0.05) is 25.2 Å². The molecule has 2 heteroatoms. The van der Waals surface area contributed by atoms with Crippen molar-refractivity contribution in [2.75, 3.05) is 20.1 Å². The second-order valence-corrected chi connectivity index (χ2v) is 6.54. The lowest BCUT2D eigenvalue weighted by molar-refractivity contribution is 0.145. The van der Waals surface area contributed by atoms with Crippen molar-refractivity contribution in [2.45, 2.75) is 45.7 Å². The molecule has 0 spiro atoms. The molecule has 1 unspecified atom stereocenters. The van der Waals surface area contributed by atoms with E-state index in [0.29, 0.717) is 5.92 Å². The van der Waals surface area contributed by atoms with Crippen LogP contribution in [0.2, 0.25) is 0 Å². The van der Waals surface area contributed by atoms with Gasteiger partial charge < -0.3 is 5.32 Å². The molecule has 2 nitrogen and oxygen atoms in total. The van der Waals surface area contributed by atoms with Gasteiger partial charge in [0.2, 0.25) is 0 Å². The molecule has 0 aliphatic carbocycles. The Hall–Kier alpha value is -1.12. The van der Waals surface area contributed by atoms with E-state index in [1.54, 1.807) is 0 Å². The van der Waals surface area contributed by atoms with E-state index in [0.717, 1.165) is 19.6 Å². The lowest BCUT2D eigenvalue weighted by Gasteiger charge is -2.35. The van der Waals surface area contributed by atoms with Crippen LogP contribution in [-0.2, 0) is 6.54 Å². The van der Waals surface area contributed by atoms with E-state index in [9.17, 15) is 0 Å². The summed E-state index contributed by atoms with van der Waals surface area (Å²) in [6, 6.07) is 9.02. The van der Waals surface area contributed by atoms with E-state index in [-0.39, 0.29) is 5.54 Å². The maximum Gasteiger partial charge on any atom is 0.0242 e. The third kappa shape index (κ3) is 5.10. The normalized spacial score (nSPS) is 13.5. The van der Waals surface area contributed by atoms with Crippen LogP contribution < -0.4 is 5.32 Å². The highest BCUT2D eigenvalue weighted by Crippen LogP contribution is 2.19. The van der Waals surface area contributed by atoms with E-state index in [1.165, 1.54) is 11.1 Å². The molecule has 1 N–H and O–H groups in total. The van der Waals surface area contributed by atoms with Crippen molar-refractivity contribution >= 4 is 0 Å². The summed E-state index contributed by atoms with van der Waals surface area (Å²) in [7, 11) is 2.00. The van der Waals surface area contributed by atoms with Crippen molar-refractivity contribution in [1.82, 2.24) is 10.2 Å². The van der Waals surface area contributed by atoms with Gasteiger partial charge in [0.05, 0.1) is 0 Å². The number of likely N-dealkylation sites (N-methyl/N-ethyl adjacent to an activating group) is 1. The smallest absolute Gasteiger partial charge is 0.0242 e. The average Bonchev–Trinajstić information content (AvgIpc) is 2.38. The molecule has 0 bridgehead atoms. The van der Waals surface area contributed by atoms with Gasteiger partial charge in [-0.05, 0) is 44.9 Å². The van der Waals surface area contributed by atoms with Gasteiger partial charge >= 0.3 is 0 Å². The monoisotopic (exact) mass is 274 g/mol. The SMILES string of the molecule is C=CCN(Cc1ccc(C(C)CNC)cc1)C(C)(C)C. The summed E-state index contributed by atoms with van der Waals surface area (Å²) >= 11 is 0. The summed E-state index contributed by atoms with van der Waals surface area (Å²) in [5.74, 6) is 0.556. The Kier molecular flexibility index (Phi) is 6.44. The second kappa shape index (κ2) is 7.61. The molecule has 0 radical (unpaired) electrons. The van der Waals surface area contributed by atoms with Crippen LogP contribution in [0.5, 0.6) is 0 Å². The minimum Gasteiger partial charge on any atom is -0.319 e. The second-order valence-electron chi connectivity index (χ2n) is 6.54. The fourth-order valence-electron chi connectivity index (χ4n) is 2.33. The van der Waals surface area contributed by atoms with Gasteiger partial charge in [-0.3, -0.25) is 4.90 Å². The Balaban J connectivity index is 2.75. The standard InChI is InChI=1S/C18H30N2/c1-7-12-20(18(3,4)5)14-16-8-10-17(11-9-16)15(2)13-19-6/h7-11,15,19H,1,12-14H2,2-6H3. The van der Waals surface area contributed by atoms with Crippen molar-refractivity contribution < 1.29 is 0 Å². The van der Waals surface area contributed by atoms with E-state index < -0.39 is 0 Å². The Morgan fingerprint density at radius 3 is 2.30 bits per heavy atom. The number of hydrogen-bond acceptors (Lipinski definition) is 2. The van der Waals surface area contributed by atoms with Crippen molar-refractivity contribution in [1.29, 1.82) is 0 Å². The van der Waals surface area contributed by atoms with Crippen LogP contribution in [0, 0.1) is 0 Å². The van der Waals surface area contributed by atoms with Gasteiger partial charge in [-0.2, -0.15) is 0 Å². The Morgan fingerprint density at radius 1 is 1.25 bits per heavy atom. The number of nitrogens with zero attached hydrogens (tertiary/aromatic N) is 1. The van der Waals surface area contributed by atoms with Crippen LogP contribution in [0.4, 0.5) is 0 Å². The Labute approximate surface area is 124 Å². The van der Waals surface area contributed by atoms with Crippen molar-refractivity contribution in [3.8, 4) is 0 Å². The predicted molar refractivity (Wildman–Crippen MR) is 89.1 cm³/mol. The van der Waals surface area contributed by atoms with E-state index in [4.69, 9.17) is 0 Å². The van der Waals surface area contributed by atoms with Crippen LogP contribution in [0.25, 0.3) is 0 Å². The zero-order chi connectivity index (χ0) is 15.2. The fraction of sp³-hybridized carbons (Fsp3) is 0.556. The molecule has 1 rings (SSSR count). The van der Waals surface area contributed by atoms with E-state index >= 15 is 0 Å². The molecule has 0 aromatic heterocycles. The zero-order valence-corrected chi connectivity index (χ0v) is 13.7. The zero-order valence-electron chi connectivity index (χ0n) is 13.7. The molecule has 0 aliphatic heterocycles. The summed E-state index contributed by atoms with van der Waals surface area (Å²) in [5.41, 5.74) is 2.92. The summed E-state index contributed by atoms with van der Waals surface area (Å²) < 4.78 is 0. The summed E-state index contributed by atoms with van der Waals surface area (Å²) in [4.78, 5) is 2.44. The molecule has 1 aromatic rings. The fourth-order valence-corrected chi connectivity index (χ4v) is 2.33. The molecule has 1 aromatic carbocycles. The molecule has 20 heavy (non-hydrogen) atoms. The molecular formula is C18H30N2. The van der Waals surface area contributed by atoms with Crippen LogP contribution in [0.15, 0.2) is 36.9 Å². The van der Waals surface area contributed by atoms with Gasteiger partial charge in [0.1, 0.15) is 0 Å². The minimum atomic E-state index is 0.159. The van der Waals surface area contributed by atoms with Gasteiger partial charge in [-0.25, -0.2) is 0 Å². The molecule has 0 heterocycles. The lowest BCUT2D eigenvalue weighted by atomic mass is 9.99. The molecule has 0 amide bonds. The largest absolute Gasteiger partial charge is 0.319 e.